The van der Waals surface area contributed by atoms with E-state index in [9.17, 15) is 14.9 Å². The van der Waals surface area contributed by atoms with Crippen molar-refractivity contribution >= 4 is 17.2 Å². The van der Waals surface area contributed by atoms with E-state index in [4.69, 9.17) is 0 Å². The molecular weight excluding hydrogens is 358 g/mol. The second kappa shape index (κ2) is 8.10. The van der Waals surface area contributed by atoms with Gasteiger partial charge in [-0.1, -0.05) is 0 Å². The number of anilines is 1. The lowest BCUT2D eigenvalue weighted by molar-refractivity contribution is -0.384. The third-order valence-corrected chi connectivity index (χ3v) is 5.89. The molecule has 1 aliphatic heterocycles. The Morgan fingerprint density at radius 1 is 1.32 bits per heavy atom. The monoisotopic (exact) mass is 385 g/mol. The first-order chi connectivity index (χ1) is 13.3. The molecule has 1 aromatic heterocycles. The van der Waals surface area contributed by atoms with Gasteiger partial charge in [-0.15, -0.1) is 0 Å². The minimum atomic E-state index is -0.414. The van der Waals surface area contributed by atoms with E-state index in [0.29, 0.717) is 11.6 Å². The molecule has 0 spiro atoms. The first-order valence-corrected chi connectivity index (χ1v) is 9.51. The van der Waals surface area contributed by atoms with Crippen molar-refractivity contribution in [2.75, 3.05) is 32.1 Å². The summed E-state index contributed by atoms with van der Waals surface area (Å²) in [4.78, 5) is 32.3. The number of rotatable bonds is 6. The van der Waals surface area contributed by atoms with Gasteiger partial charge in [-0.2, -0.15) is 0 Å². The smallest absolute Gasteiger partial charge is 0.293 e. The van der Waals surface area contributed by atoms with Crippen LogP contribution in [0.15, 0.2) is 30.6 Å². The number of hydrogen-bond donors (Lipinski definition) is 0. The van der Waals surface area contributed by atoms with Crippen molar-refractivity contribution in [1.29, 1.82) is 0 Å². The summed E-state index contributed by atoms with van der Waals surface area (Å²) in [5.74, 6) is 0.415. The van der Waals surface area contributed by atoms with Crippen LogP contribution in [0.2, 0.25) is 0 Å². The van der Waals surface area contributed by atoms with Gasteiger partial charge in [-0.05, 0) is 58.0 Å². The Morgan fingerprint density at radius 2 is 2.00 bits per heavy atom. The summed E-state index contributed by atoms with van der Waals surface area (Å²) >= 11 is 0. The Bertz CT molecular complexity index is 870. The number of carbonyl (C=O) groups excluding carboxylic acids is 1. The van der Waals surface area contributed by atoms with Gasteiger partial charge in [0.2, 0.25) is 5.78 Å². The second-order valence-corrected chi connectivity index (χ2v) is 7.64. The van der Waals surface area contributed by atoms with Crippen LogP contribution >= 0.6 is 0 Å². The van der Waals surface area contributed by atoms with E-state index in [0.717, 1.165) is 25.9 Å². The molecule has 2 aromatic rings. The molecule has 1 aliphatic rings. The molecule has 2 heterocycles. The normalized spacial score (nSPS) is 16.7. The minimum absolute atomic E-state index is 0.0534. The quantitative estimate of drug-likeness (QED) is 0.432. The average Bonchev–Trinajstić information content (AvgIpc) is 3.12. The van der Waals surface area contributed by atoms with Crippen molar-refractivity contribution in [3.05, 3.63) is 52.1 Å². The molecule has 1 aromatic carbocycles. The fourth-order valence-electron chi connectivity index (χ4n) is 3.87. The van der Waals surface area contributed by atoms with E-state index in [-0.39, 0.29) is 28.9 Å². The molecule has 0 radical (unpaired) electrons. The van der Waals surface area contributed by atoms with Crippen molar-refractivity contribution in [3.63, 3.8) is 0 Å². The van der Waals surface area contributed by atoms with Gasteiger partial charge in [-0.3, -0.25) is 14.9 Å². The number of nitrogens with zero attached hydrogens (tertiary/aromatic N) is 5. The number of carbonyl (C=O) groups is 1. The number of likely N-dealkylation sites (tertiary alicyclic amines) is 1. The van der Waals surface area contributed by atoms with Crippen LogP contribution in [-0.2, 0) is 7.05 Å². The maximum absolute atomic E-state index is 12.7. The van der Waals surface area contributed by atoms with Gasteiger partial charge in [0.25, 0.3) is 5.69 Å². The molecule has 1 saturated heterocycles. The summed E-state index contributed by atoms with van der Waals surface area (Å²) in [6, 6.07) is 4.87. The van der Waals surface area contributed by atoms with Crippen LogP contribution in [0.3, 0.4) is 0 Å². The Balaban J connectivity index is 1.88. The van der Waals surface area contributed by atoms with Gasteiger partial charge in [-0.25, -0.2) is 4.98 Å². The summed E-state index contributed by atoms with van der Waals surface area (Å²) < 4.78 is 1.61. The van der Waals surface area contributed by atoms with Crippen molar-refractivity contribution in [1.82, 2.24) is 14.5 Å². The van der Waals surface area contributed by atoms with E-state index < -0.39 is 4.92 Å². The van der Waals surface area contributed by atoms with Gasteiger partial charge >= 0.3 is 0 Å². The summed E-state index contributed by atoms with van der Waals surface area (Å²) in [6.07, 6.45) is 5.36. The predicted octanol–water partition coefficient (Wildman–Crippen LogP) is 2.73. The van der Waals surface area contributed by atoms with E-state index >= 15 is 0 Å². The van der Waals surface area contributed by atoms with Gasteiger partial charge in [0.05, 0.1) is 4.92 Å². The first kappa shape index (κ1) is 20.0. The second-order valence-electron chi connectivity index (χ2n) is 7.64. The first-order valence-electron chi connectivity index (χ1n) is 9.51. The summed E-state index contributed by atoms with van der Waals surface area (Å²) in [5.41, 5.74) is 0.750. The van der Waals surface area contributed by atoms with Crippen LogP contribution in [-0.4, -0.2) is 58.4 Å². The summed E-state index contributed by atoms with van der Waals surface area (Å²) in [5, 5.41) is 11.7. The molecule has 3 rings (SSSR count). The highest BCUT2D eigenvalue weighted by atomic mass is 16.6. The molecule has 0 bridgehead atoms. The number of nitro groups is 1. The molecular formula is C20H27N5O3. The molecule has 8 heteroatoms. The third kappa shape index (κ3) is 3.91. The van der Waals surface area contributed by atoms with E-state index in [1.807, 2.05) is 11.9 Å². The largest absolute Gasteiger partial charge is 0.366 e. The zero-order valence-corrected chi connectivity index (χ0v) is 16.8. The SMILES string of the molecule is C[C@@H](C1CCN(C)CC1)N(C)c1ccc(C(=O)c2nccn2C)cc1[N+](=O)[O-]. The maximum atomic E-state index is 12.7. The standard InChI is InChI=1S/C20H27N5O3/c1-14(15-7-10-22(2)11-8-15)24(4)17-6-5-16(13-18(17)25(27)28)19(26)20-21-9-12-23(20)3/h5-6,9,12-15H,7-8,10-11H2,1-4H3/t14-/m0/s1. The lowest BCUT2D eigenvalue weighted by Gasteiger charge is -2.37. The lowest BCUT2D eigenvalue weighted by atomic mass is 9.89. The van der Waals surface area contributed by atoms with Crippen LogP contribution in [0, 0.1) is 16.0 Å². The molecule has 28 heavy (non-hydrogen) atoms. The molecule has 1 fully saturated rings. The highest BCUT2D eigenvalue weighted by Gasteiger charge is 2.29. The van der Waals surface area contributed by atoms with E-state index in [1.165, 1.54) is 12.3 Å². The Labute approximate surface area is 164 Å². The fraction of sp³-hybridized carbons (Fsp3) is 0.500. The van der Waals surface area contributed by atoms with Gasteiger partial charge < -0.3 is 14.4 Å². The molecule has 8 nitrogen and oxygen atoms in total. The average molecular weight is 385 g/mol. The van der Waals surface area contributed by atoms with Crippen LogP contribution in [0.5, 0.6) is 0 Å². The van der Waals surface area contributed by atoms with E-state index in [2.05, 4.69) is 23.9 Å². The maximum Gasteiger partial charge on any atom is 0.293 e. The number of piperidine rings is 1. The van der Waals surface area contributed by atoms with Crippen LogP contribution < -0.4 is 4.90 Å². The minimum Gasteiger partial charge on any atom is -0.366 e. The van der Waals surface area contributed by atoms with Gasteiger partial charge in [0.15, 0.2) is 5.82 Å². The zero-order chi connectivity index (χ0) is 20.4. The van der Waals surface area contributed by atoms with Crippen molar-refractivity contribution in [2.45, 2.75) is 25.8 Å². The van der Waals surface area contributed by atoms with Gasteiger partial charge in [0, 0.05) is 44.2 Å². The molecule has 150 valence electrons. The highest BCUT2D eigenvalue weighted by Crippen LogP contribution is 2.33. The Kier molecular flexibility index (Phi) is 5.79. The Morgan fingerprint density at radius 3 is 2.57 bits per heavy atom. The van der Waals surface area contributed by atoms with Crippen LogP contribution in [0.25, 0.3) is 0 Å². The number of nitro benzene ring substituents is 1. The molecule has 0 amide bonds. The zero-order valence-electron chi connectivity index (χ0n) is 16.8. The molecule has 1 atom stereocenters. The lowest BCUT2D eigenvalue weighted by Crippen LogP contribution is -2.41. The highest BCUT2D eigenvalue weighted by molar-refractivity contribution is 6.07. The molecule has 0 aliphatic carbocycles. The van der Waals surface area contributed by atoms with Crippen molar-refractivity contribution in [3.8, 4) is 0 Å². The number of hydrogen-bond acceptors (Lipinski definition) is 6. The van der Waals surface area contributed by atoms with Crippen LogP contribution in [0.1, 0.15) is 35.9 Å². The summed E-state index contributed by atoms with van der Waals surface area (Å²) in [6.45, 7) is 4.21. The summed E-state index contributed by atoms with van der Waals surface area (Å²) in [7, 11) is 5.73. The molecule has 0 N–H and O–H groups in total. The van der Waals surface area contributed by atoms with Gasteiger partial charge in [0.1, 0.15) is 5.69 Å². The third-order valence-electron chi connectivity index (χ3n) is 5.89. The topological polar surface area (TPSA) is 84.5 Å². The Hall–Kier alpha value is -2.74. The number of ketones is 1. The van der Waals surface area contributed by atoms with E-state index in [1.54, 1.807) is 29.9 Å². The number of aromatic nitrogens is 2. The molecule has 0 unspecified atom stereocenters. The van der Waals surface area contributed by atoms with Crippen LogP contribution in [0.4, 0.5) is 11.4 Å². The predicted molar refractivity (Wildman–Crippen MR) is 108 cm³/mol. The van der Waals surface area contributed by atoms with Crippen molar-refractivity contribution < 1.29 is 9.72 Å². The molecule has 0 saturated carbocycles. The number of aryl methyl sites for hydroxylation is 1. The van der Waals surface area contributed by atoms with Crippen molar-refractivity contribution in [2.24, 2.45) is 13.0 Å². The fourth-order valence-corrected chi connectivity index (χ4v) is 3.87. The number of imidazole rings is 1. The number of benzene rings is 1.